The normalized spacial score (nSPS) is 9.65. The Morgan fingerprint density at radius 1 is 1.24 bits per heavy atom. The molecular weight excluding hydrogens is 230 g/mol. The lowest BCUT2D eigenvalue weighted by molar-refractivity contribution is 1.26. The molecule has 0 unspecified atom stereocenters. The van der Waals surface area contributed by atoms with Gasteiger partial charge in [-0.3, -0.25) is 0 Å². The van der Waals surface area contributed by atoms with Crippen molar-refractivity contribution in [3.63, 3.8) is 0 Å². The van der Waals surface area contributed by atoms with Gasteiger partial charge in [0.25, 0.3) is 0 Å². The van der Waals surface area contributed by atoms with Crippen molar-refractivity contribution in [2.45, 2.75) is 4.90 Å². The lowest BCUT2D eigenvalue weighted by Gasteiger charge is -2.09. The number of thioether (sulfide) groups is 1. The molecule has 0 aliphatic rings. The maximum Gasteiger partial charge on any atom is 0.140 e. The minimum atomic E-state index is 0.425. The SMILES string of the molecule is CSc1ccccc1Nc1ccc(C#N)nc1. The number of benzene rings is 1. The summed E-state index contributed by atoms with van der Waals surface area (Å²) in [6.07, 6.45) is 3.70. The number of nitrogens with zero attached hydrogens (tertiary/aromatic N) is 2. The number of rotatable bonds is 3. The monoisotopic (exact) mass is 241 g/mol. The van der Waals surface area contributed by atoms with Crippen LogP contribution in [0.3, 0.4) is 0 Å². The molecule has 0 aliphatic carbocycles. The van der Waals surface area contributed by atoms with E-state index < -0.39 is 0 Å². The van der Waals surface area contributed by atoms with Crippen molar-refractivity contribution in [2.24, 2.45) is 0 Å². The zero-order chi connectivity index (χ0) is 12.1. The van der Waals surface area contributed by atoms with Gasteiger partial charge in [-0.15, -0.1) is 11.8 Å². The maximum atomic E-state index is 8.66. The van der Waals surface area contributed by atoms with Crippen molar-refractivity contribution < 1.29 is 0 Å². The van der Waals surface area contributed by atoms with Gasteiger partial charge in [-0.25, -0.2) is 4.98 Å². The molecule has 1 heterocycles. The fourth-order valence-electron chi connectivity index (χ4n) is 1.44. The number of nitriles is 1. The number of nitrogens with one attached hydrogen (secondary N) is 1. The van der Waals surface area contributed by atoms with Gasteiger partial charge in [-0.1, -0.05) is 12.1 Å². The lowest BCUT2D eigenvalue weighted by atomic mass is 10.3. The molecule has 0 spiro atoms. The first-order chi connectivity index (χ1) is 8.33. The van der Waals surface area contributed by atoms with Crippen molar-refractivity contribution in [2.75, 3.05) is 11.6 Å². The molecule has 17 heavy (non-hydrogen) atoms. The summed E-state index contributed by atoms with van der Waals surface area (Å²) in [5.41, 5.74) is 2.35. The standard InChI is InChI=1S/C13H11N3S/c1-17-13-5-3-2-4-12(13)16-11-7-6-10(8-14)15-9-11/h2-7,9,16H,1H3. The fraction of sp³-hybridized carbons (Fsp3) is 0.0769. The summed E-state index contributed by atoms with van der Waals surface area (Å²) < 4.78 is 0. The predicted molar refractivity (Wildman–Crippen MR) is 70.5 cm³/mol. The molecule has 3 nitrogen and oxygen atoms in total. The van der Waals surface area contributed by atoms with Crippen LogP contribution in [0.5, 0.6) is 0 Å². The molecule has 0 atom stereocenters. The number of para-hydroxylation sites is 1. The Morgan fingerprint density at radius 3 is 2.71 bits per heavy atom. The molecular formula is C13H11N3S. The van der Waals surface area contributed by atoms with E-state index in [0.29, 0.717) is 5.69 Å². The van der Waals surface area contributed by atoms with E-state index in [4.69, 9.17) is 5.26 Å². The maximum absolute atomic E-state index is 8.66. The molecule has 0 saturated carbocycles. The average molecular weight is 241 g/mol. The Morgan fingerprint density at radius 2 is 2.06 bits per heavy atom. The highest BCUT2D eigenvalue weighted by molar-refractivity contribution is 7.98. The molecule has 0 bridgehead atoms. The first-order valence-corrected chi connectivity index (χ1v) is 6.32. The van der Waals surface area contributed by atoms with Crippen molar-refractivity contribution in [3.05, 3.63) is 48.3 Å². The Hall–Kier alpha value is -1.99. The molecule has 2 rings (SSSR count). The van der Waals surface area contributed by atoms with Crippen molar-refractivity contribution in [1.82, 2.24) is 4.98 Å². The lowest BCUT2D eigenvalue weighted by Crippen LogP contribution is -1.93. The van der Waals surface area contributed by atoms with Crippen LogP contribution in [-0.2, 0) is 0 Å². The van der Waals surface area contributed by atoms with E-state index in [2.05, 4.69) is 16.4 Å². The highest BCUT2D eigenvalue weighted by atomic mass is 32.2. The topological polar surface area (TPSA) is 48.7 Å². The van der Waals surface area contributed by atoms with Gasteiger partial charge in [0.1, 0.15) is 11.8 Å². The van der Waals surface area contributed by atoms with Gasteiger partial charge in [0.2, 0.25) is 0 Å². The van der Waals surface area contributed by atoms with E-state index in [1.165, 1.54) is 4.90 Å². The van der Waals surface area contributed by atoms with Crippen LogP contribution >= 0.6 is 11.8 Å². The van der Waals surface area contributed by atoms with Gasteiger partial charge in [0, 0.05) is 4.90 Å². The second kappa shape index (κ2) is 5.37. The summed E-state index contributed by atoms with van der Waals surface area (Å²) in [7, 11) is 0. The van der Waals surface area contributed by atoms with Crippen LogP contribution in [-0.4, -0.2) is 11.2 Å². The van der Waals surface area contributed by atoms with Crippen LogP contribution in [0.25, 0.3) is 0 Å². The second-order valence-electron chi connectivity index (χ2n) is 3.37. The Bertz CT molecular complexity index is 543. The fourth-order valence-corrected chi connectivity index (χ4v) is 1.99. The van der Waals surface area contributed by atoms with Gasteiger partial charge < -0.3 is 5.32 Å². The summed E-state index contributed by atoms with van der Waals surface area (Å²) in [5, 5.41) is 11.9. The first-order valence-electron chi connectivity index (χ1n) is 5.09. The molecule has 1 N–H and O–H groups in total. The summed E-state index contributed by atoms with van der Waals surface area (Å²) in [4.78, 5) is 5.20. The summed E-state index contributed by atoms with van der Waals surface area (Å²) in [6, 6.07) is 13.6. The minimum Gasteiger partial charge on any atom is -0.353 e. The highest BCUT2D eigenvalue weighted by Crippen LogP contribution is 2.27. The Balaban J connectivity index is 2.22. The van der Waals surface area contributed by atoms with Crippen LogP contribution in [0.4, 0.5) is 11.4 Å². The third-order valence-electron chi connectivity index (χ3n) is 2.26. The smallest absolute Gasteiger partial charge is 0.140 e. The van der Waals surface area contributed by atoms with Crippen molar-refractivity contribution in [1.29, 1.82) is 5.26 Å². The highest BCUT2D eigenvalue weighted by Gasteiger charge is 2.01. The Kier molecular flexibility index (Phi) is 3.63. The van der Waals surface area contributed by atoms with E-state index in [9.17, 15) is 0 Å². The number of pyridine rings is 1. The number of aromatic nitrogens is 1. The third kappa shape index (κ3) is 2.77. The van der Waals surface area contributed by atoms with Gasteiger partial charge >= 0.3 is 0 Å². The van der Waals surface area contributed by atoms with E-state index in [-0.39, 0.29) is 0 Å². The number of hydrogen-bond acceptors (Lipinski definition) is 4. The third-order valence-corrected chi connectivity index (χ3v) is 3.06. The molecule has 0 fully saturated rings. The molecule has 4 heteroatoms. The molecule has 84 valence electrons. The summed E-state index contributed by atoms with van der Waals surface area (Å²) in [6.45, 7) is 0. The second-order valence-corrected chi connectivity index (χ2v) is 4.22. The van der Waals surface area contributed by atoms with Gasteiger partial charge in [-0.05, 0) is 30.5 Å². The van der Waals surface area contributed by atoms with E-state index in [0.717, 1.165) is 11.4 Å². The quantitative estimate of drug-likeness (QED) is 0.836. The van der Waals surface area contributed by atoms with Gasteiger partial charge in [-0.2, -0.15) is 5.26 Å². The summed E-state index contributed by atoms with van der Waals surface area (Å²) in [5.74, 6) is 0. The molecule has 0 saturated heterocycles. The molecule has 1 aromatic carbocycles. The van der Waals surface area contributed by atoms with Gasteiger partial charge in [0.05, 0.1) is 17.6 Å². The van der Waals surface area contributed by atoms with Crippen molar-refractivity contribution >= 4 is 23.1 Å². The zero-order valence-electron chi connectivity index (χ0n) is 9.34. The minimum absolute atomic E-state index is 0.425. The number of hydrogen-bond donors (Lipinski definition) is 1. The van der Waals surface area contributed by atoms with E-state index in [1.54, 1.807) is 24.0 Å². The molecule has 0 amide bonds. The molecule has 1 aromatic heterocycles. The van der Waals surface area contributed by atoms with Crippen LogP contribution in [0, 0.1) is 11.3 Å². The molecule has 0 aliphatic heterocycles. The predicted octanol–water partition coefficient (Wildman–Crippen LogP) is 3.42. The first kappa shape index (κ1) is 11.5. The molecule has 2 aromatic rings. The van der Waals surface area contributed by atoms with Crippen LogP contribution in [0.15, 0.2) is 47.5 Å². The summed E-state index contributed by atoms with van der Waals surface area (Å²) >= 11 is 1.69. The zero-order valence-corrected chi connectivity index (χ0v) is 10.2. The van der Waals surface area contributed by atoms with Crippen LogP contribution in [0.2, 0.25) is 0 Å². The Labute approximate surface area is 105 Å². The van der Waals surface area contributed by atoms with Crippen LogP contribution in [0.1, 0.15) is 5.69 Å². The van der Waals surface area contributed by atoms with Crippen molar-refractivity contribution in [3.8, 4) is 6.07 Å². The number of anilines is 2. The average Bonchev–Trinajstić information content (AvgIpc) is 2.40. The largest absolute Gasteiger partial charge is 0.353 e. The van der Waals surface area contributed by atoms with Crippen LogP contribution < -0.4 is 5.32 Å². The van der Waals surface area contributed by atoms with E-state index >= 15 is 0 Å². The van der Waals surface area contributed by atoms with E-state index in [1.807, 2.05) is 36.6 Å². The molecule has 0 radical (unpaired) electrons. The van der Waals surface area contributed by atoms with Gasteiger partial charge in [0.15, 0.2) is 0 Å².